The molecule has 3 heteroatoms. The number of hydrogen-bond acceptors (Lipinski definition) is 3. The predicted octanol–water partition coefficient (Wildman–Crippen LogP) is 5.31. The van der Waals surface area contributed by atoms with E-state index in [0.717, 1.165) is 33.2 Å². The lowest BCUT2D eigenvalue weighted by Gasteiger charge is -2.30. The summed E-state index contributed by atoms with van der Waals surface area (Å²) in [6.45, 7) is 0. The van der Waals surface area contributed by atoms with Gasteiger partial charge in [0.2, 0.25) is 0 Å². The molecule has 1 aliphatic heterocycles. The van der Waals surface area contributed by atoms with Crippen LogP contribution in [0.15, 0.2) is 91.0 Å². The number of methoxy groups -OCH3 is 1. The van der Waals surface area contributed by atoms with Crippen LogP contribution in [0, 0.1) is 0 Å². The van der Waals surface area contributed by atoms with E-state index >= 15 is 0 Å². The molecular formula is C25H18O3. The molecule has 0 N–H and O–H groups in total. The van der Waals surface area contributed by atoms with Crippen LogP contribution in [0.5, 0.6) is 5.75 Å². The Morgan fingerprint density at radius 2 is 1.57 bits per heavy atom. The van der Waals surface area contributed by atoms with Crippen LogP contribution in [-0.2, 0) is 10.3 Å². The van der Waals surface area contributed by atoms with Gasteiger partial charge in [0, 0.05) is 22.1 Å². The highest BCUT2D eigenvalue weighted by Gasteiger charge is 2.48. The number of ether oxygens (including phenoxy) is 2. The van der Waals surface area contributed by atoms with Gasteiger partial charge < -0.3 is 9.47 Å². The predicted molar refractivity (Wildman–Crippen MR) is 109 cm³/mol. The first kappa shape index (κ1) is 16.6. The normalized spacial score (nSPS) is 18.0. The number of rotatable bonds is 3. The van der Waals surface area contributed by atoms with Crippen LogP contribution in [0.1, 0.15) is 27.0 Å². The lowest BCUT2D eigenvalue weighted by molar-refractivity contribution is 0.0252. The second-order valence-electron chi connectivity index (χ2n) is 6.88. The van der Waals surface area contributed by atoms with Gasteiger partial charge in [-0.1, -0.05) is 72.8 Å². The molecule has 28 heavy (non-hydrogen) atoms. The summed E-state index contributed by atoms with van der Waals surface area (Å²) in [5.41, 5.74) is 2.35. The fraction of sp³-hybridized carbons (Fsp3) is 0.0800. The van der Waals surface area contributed by atoms with Crippen molar-refractivity contribution in [3.05, 3.63) is 113 Å². The highest BCUT2D eigenvalue weighted by molar-refractivity contribution is 5.97. The van der Waals surface area contributed by atoms with Crippen LogP contribution < -0.4 is 4.74 Å². The fourth-order valence-corrected chi connectivity index (χ4v) is 4.14. The maximum atomic E-state index is 12.7. The molecule has 3 nitrogen and oxygen atoms in total. The molecule has 0 fully saturated rings. The van der Waals surface area contributed by atoms with Gasteiger partial charge >= 0.3 is 5.97 Å². The van der Waals surface area contributed by atoms with Crippen molar-refractivity contribution < 1.29 is 14.3 Å². The molecular weight excluding hydrogens is 348 g/mol. The van der Waals surface area contributed by atoms with Crippen molar-refractivity contribution in [1.29, 1.82) is 0 Å². The summed E-state index contributed by atoms with van der Waals surface area (Å²) in [5.74, 6) is 0.520. The van der Waals surface area contributed by atoms with Gasteiger partial charge in [0.15, 0.2) is 5.60 Å². The van der Waals surface area contributed by atoms with Crippen LogP contribution >= 0.6 is 0 Å². The molecule has 0 saturated heterocycles. The van der Waals surface area contributed by atoms with Crippen LogP contribution in [-0.4, -0.2) is 13.1 Å². The Bertz CT molecular complexity index is 1200. The number of esters is 1. The Hall–Kier alpha value is -3.59. The lowest BCUT2D eigenvalue weighted by Crippen LogP contribution is -2.29. The van der Waals surface area contributed by atoms with E-state index in [4.69, 9.17) is 9.47 Å². The molecule has 5 rings (SSSR count). The molecule has 0 amide bonds. The van der Waals surface area contributed by atoms with Gasteiger partial charge in [-0.15, -0.1) is 0 Å². The quantitative estimate of drug-likeness (QED) is 0.461. The maximum absolute atomic E-state index is 12.7. The summed E-state index contributed by atoms with van der Waals surface area (Å²) in [5, 5.41) is 2.06. The number of carbonyl (C=O) groups is 1. The summed E-state index contributed by atoms with van der Waals surface area (Å²) in [6, 6.07) is 29.6. The van der Waals surface area contributed by atoms with Gasteiger partial charge in [0.25, 0.3) is 0 Å². The Kier molecular flexibility index (Phi) is 3.69. The van der Waals surface area contributed by atoms with E-state index in [-0.39, 0.29) is 5.97 Å². The van der Waals surface area contributed by atoms with Crippen LogP contribution in [0.25, 0.3) is 10.8 Å². The lowest BCUT2D eigenvalue weighted by atomic mass is 9.79. The largest absolute Gasteiger partial charge is 0.496 e. The minimum Gasteiger partial charge on any atom is -0.496 e. The van der Waals surface area contributed by atoms with Crippen molar-refractivity contribution in [3.63, 3.8) is 0 Å². The molecule has 4 aromatic rings. The average molecular weight is 366 g/mol. The Morgan fingerprint density at radius 1 is 0.786 bits per heavy atom. The molecule has 0 unspecified atom stereocenters. The Balaban J connectivity index is 1.83. The van der Waals surface area contributed by atoms with E-state index < -0.39 is 5.60 Å². The number of cyclic esters (lactones) is 1. The maximum Gasteiger partial charge on any atom is 0.340 e. The monoisotopic (exact) mass is 366 g/mol. The minimum absolute atomic E-state index is 0.301. The molecule has 4 aromatic carbocycles. The van der Waals surface area contributed by atoms with Crippen LogP contribution in [0.2, 0.25) is 0 Å². The first-order chi connectivity index (χ1) is 13.7. The zero-order valence-electron chi connectivity index (χ0n) is 15.4. The number of benzene rings is 4. The first-order valence-electron chi connectivity index (χ1n) is 9.19. The molecule has 1 aliphatic rings. The van der Waals surface area contributed by atoms with Crippen molar-refractivity contribution in [3.8, 4) is 5.75 Å². The van der Waals surface area contributed by atoms with Gasteiger partial charge in [-0.25, -0.2) is 4.79 Å². The van der Waals surface area contributed by atoms with Gasteiger partial charge in [0.1, 0.15) is 5.75 Å². The molecule has 136 valence electrons. The molecule has 0 saturated carbocycles. The van der Waals surface area contributed by atoms with Gasteiger partial charge in [-0.3, -0.25) is 0 Å². The van der Waals surface area contributed by atoms with Crippen molar-refractivity contribution in [1.82, 2.24) is 0 Å². The van der Waals surface area contributed by atoms with E-state index in [1.807, 2.05) is 84.9 Å². The molecule has 0 bridgehead atoms. The summed E-state index contributed by atoms with van der Waals surface area (Å²) < 4.78 is 11.6. The smallest absolute Gasteiger partial charge is 0.340 e. The van der Waals surface area contributed by atoms with E-state index in [2.05, 4.69) is 6.07 Å². The number of carbonyl (C=O) groups excluding carboxylic acids is 1. The van der Waals surface area contributed by atoms with Crippen molar-refractivity contribution in [2.45, 2.75) is 5.60 Å². The first-order valence-corrected chi connectivity index (χ1v) is 9.19. The standard InChI is InChI=1S/C25H18O3/c1-27-23-13-7-8-17-16-19(14-15-20(17)23)25(18-9-3-2-4-10-18)22-12-6-5-11-21(22)24(26)28-25/h2-16H,1H3/t25-/m1/s1. The highest BCUT2D eigenvalue weighted by Crippen LogP contribution is 2.47. The van der Waals surface area contributed by atoms with Crippen molar-refractivity contribution >= 4 is 16.7 Å². The molecule has 0 aliphatic carbocycles. The van der Waals surface area contributed by atoms with Crippen LogP contribution in [0.3, 0.4) is 0 Å². The SMILES string of the molecule is COc1cccc2cc([C@@]3(c4ccccc4)OC(=O)c4ccccc43)ccc12. The van der Waals surface area contributed by atoms with Crippen LogP contribution in [0.4, 0.5) is 0 Å². The van der Waals surface area contributed by atoms with E-state index in [9.17, 15) is 4.79 Å². The second-order valence-corrected chi connectivity index (χ2v) is 6.88. The molecule has 0 spiro atoms. The third-order valence-electron chi connectivity index (χ3n) is 5.42. The molecule has 1 atom stereocenters. The van der Waals surface area contributed by atoms with E-state index in [1.165, 1.54) is 0 Å². The summed E-state index contributed by atoms with van der Waals surface area (Å²) in [4.78, 5) is 12.7. The topological polar surface area (TPSA) is 35.5 Å². The number of hydrogen-bond donors (Lipinski definition) is 0. The summed E-state index contributed by atoms with van der Waals surface area (Å²) in [6.07, 6.45) is 0. The van der Waals surface area contributed by atoms with Gasteiger partial charge in [-0.05, 0) is 23.6 Å². The summed E-state index contributed by atoms with van der Waals surface area (Å²) >= 11 is 0. The number of fused-ring (bicyclic) bond motifs is 2. The zero-order chi connectivity index (χ0) is 19.1. The Labute approximate surface area is 163 Å². The third kappa shape index (κ3) is 2.26. The second kappa shape index (κ2) is 6.24. The summed E-state index contributed by atoms with van der Waals surface area (Å²) in [7, 11) is 1.67. The van der Waals surface area contributed by atoms with Gasteiger partial charge in [-0.2, -0.15) is 0 Å². The van der Waals surface area contributed by atoms with E-state index in [1.54, 1.807) is 7.11 Å². The molecule has 0 radical (unpaired) electrons. The highest BCUT2D eigenvalue weighted by atomic mass is 16.6. The molecule has 0 aromatic heterocycles. The minimum atomic E-state index is -0.966. The fourth-order valence-electron chi connectivity index (χ4n) is 4.14. The Morgan fingerprint density at radius 3 is 2.39 bits per heavy atom. The average Bonchev–Trinajstić information content (AvgIpc) is 3.07. The molecule has 1 heterocycles. The third-order valence-corrected chi connectivity index (χ3v) is 5.42. The zero-order valence-corrected chi connectivity index (χ0v) is 15.4. The van der Waals surface area contributed by atoms with Crippen molar-refractivity contribution in [2.75, 3.05) is 7.11 Å². The van der Waals surface area contributed by atoms with E-state index in [0.29, 0.717) is 5.56 Å². The van der Waals surface area contributed by atoms with Gasteiger partial charge in [0.05, 0.1) is 12.7 Å². The van der Waals surface area contributed by atoms with Crippen molar-refractivity contribution in [2.24, 2.45) is 0 Å².